The zero-order valence-electron chi connectivity index (χ0n) is 9.22. The monoisotopic (exact) mass is 220 g/mol. The predicted octanol–water partition coefficient (Wildman–Crippen LogP) is 0.280. The van der Waals surface area contributed by atoms with Crippen LogP contribution in [0.2, 0.25) is 0 Å². The summed E-state index contributed by atoms with van der Waals surface area (Å²) in [6.07, 6.45) is 7.11. The van der Waals surface area contributed by atoms with E-state index >= 15 is 0 Å². The Morgan fingerprint density at radius 3 is 3.00 bits per heavy atom. The molecular formula is C10H16N6. The molecule has 1 atom stereocenters. The zero-order valence-corrected chi connectivity index (χ0v) is 9.22. The van der Waals surface area contributed by atoms with Gasteiger partial charge < -0.3 is 4.98 Å². The molecule has 0 spiro atoms. The Morgan fingerprint density at radius 1 is 1.56 bits per heavy atom. The molecule has 0 aliphatic carbocycles. The van der Waals surface area contributed by atoms with E-state index in [1.165, 1.54) is 5.69 Å². The summed E-state index contributed by atoms with van der Waals surface area (Å²) in [5.74, 6) is 6.37. The molecule has 2 aromatic heterocycles. The molecule has 0 bridgehead atoms. The molecule has 1 unspecified atom stereocenters. The van der Waals surface area contributed by atoms with Gasteiger partial charge in [0.15, 0.2) is 0 Å². The summed E-state index contributed by atoms with van der Waals surface area (Å²) in [6, 6.07) is 2.06. The second-order valence-corrected chi connectivity index (χ2v) is 3.68. The van der Waals surface area contributed by atoms with E-state index in [4.69, 9.17) is 5.84 Å². The van der Waals surface area contributed by atoms with Gasteiger partial charge in [-0.2, -0.15) is 5.10 Å². The number of rotatable bonds is 5. The molecule has 2 heterocycles. The summed E-state index contributed by atoms with van der Waals surface area (Å²) in [5.41, 5.74) is 3.95. The lowest BCUT2D eigenvalue weighted by Gasteiger charge is -2.12. The standard InChI is InChI=1S/C10H16N6/c1-16-8(4-5-14-16)2-3-9(15-11)10-12-6-7-13-10/h4-7,9,15H,2-3,11H2,1H3,(H,12,13). The highest BCUT2D eigenvalue weighted by Crippen LogP contribution is 2.14. The Balaban J connectivity index is 1.96. The third-order valence-electron chi connectivity index (χ3n) is 2.66. The Bertz CT molecular complexity index is 418. The maximum atomic E-state index is 5.51. The smallest absolute Gasteiger partial charge is 0.124 e. The quantitative estimate of drug-likeness (QED) is 0.499. The van der Waals surface area contributed by atoms with Crippen molar-refractivity contribution in [1.82, 2.24) is 25.2 Å². The topological polar surface area (TPSA) is 84.6 Å². The van der Waals surface area contributed by atoms with Gasteiger partial charge in [0, 0.05) is 31.3 Å². The number of hydrogen-bond donors (Lipinski definition) is 3. The fourth-order valence-electron chi connectivity index (χ4n) is 1.71. The van der Waals surface area contributed by atoms with Crippen molar-refractivity contribution >= 4 is 0 Å². The number of H-pyrrole nitrogens is 1. The van der Waals surface area contributed by atoms with Crippen molar-refractivity contribution in [3.63, 3.8) is 0 Å². The fraction of sp³-hybridized carbons (Fsp3) is 0.400. The third kappa shape index (κ3) is 2.29. The highest BCUT2D eigenvalue weighted by Gasteiger charge is 2.12. The van der Waals surface area contributed by atoms with E-state index in [9.17, 15) is 0 Å². The number of aromatic amines is 1. The molecule has 16 heavy (non-hydrogen) atoms. The molecule has 2 aromatic rings. The van der Waals surface area contributed by atoms with Crippen molar-refractivity contribution < 1.29 is 0 Å². The van der Waals surface area contributed by atoms with Crippen LogP contribution in [-0.4, -0.2) is 19.7 Å². The number of hydrazine groups is 1. The number of aromatic nitrogens is 4. The van der Waals surface area contributed by atoms with Crippen LogP contribution in [0.1, 0.15) is 24.0 Å². The average molecular weight is 220 g/mol. The second-order valence-electron chi connectivity index (χ2n) is 3.68. The molecule has 0 aliphatic heterocycles. The van der Waals surface area contributed by atoms with E-state index in [1.807, 2.05) is 17.8 Å². The summed E-state index contributed by atoms with van der Waals surface area (Å²) in [7, 11) is 1.94. The van der Waals surface area contributed by atoms with Crippen molar-refractivity contribution in [3.8, 4) is 0 Å². The van der Waals surface area contributed by atoms with Crippen LogP contribution in [-0.2, 0) is 13.5 Å². The normalized spacial score (nSPS) is 12.9. The van der Waals surface area contributed by atoms with Gasteiger partial charge in [0.25, 0.3) is 0 Å². The van der Waals surface area contributed by atoms with Gasteiger partial charge in [-0.1, -0.05) is 0 Å². The van der Waals surface area contributed by atoms with Crippen LogP contribution in [0.5, 0.6) is 0 Å². The maximum absolute atomic E-state index is 5.51. The molecule has 0 aromatic carbocycles. The minimum absolute atomic E-state index is 0.0462. The number of nitrogens with one attached hydrogen (secondary N) is 2. The van der Waals surface area contributed by atoms with E-state index < -0.39 is 0 Å². The first kappa shape index (κ1) is 10.8. The fourth-order valence-corrected chi connectivity index (χ4v) is 1.71. The summed E-state index contributed by atoms with van der Waals surface area (Å²) in [4.78, 5) is 7.25. The number of nitrogens with zero attached hydrogens (tertiary/aromatic N) is 3. The maximum Gasteiger partial charge on any atom is 0.124 e. The molecule has 0 aliphatic rings. The first-order valence-electron chi connectivity index (χ1n) is 5.23. The number of imidazole rings is 1. The third-order valence-corrected chi connectivity index (χ3v) is 2.66. The van der Waals surface area contributed by atoms with Crippen LogP contribution in [0, 0.1) is 0 Å². The number of nitrogens with two attached hydrogens (primary N) is 1. The molecule has 6 heteroatoms. The van der Waals surface area contributed by atoms with E-state index in [1.54, 1.807) is 18.6 Å². The molecule has 86 valence electrons. The summed E-state index contributed by atoms with van der Waals surface area (Å²) in [5, 5.41) is 4.12. The van der Waals surface area contributed by atoms with Crippen LogP contribution in [0.15, 0.2) is 24.7 Å². The first-order chi connectivity index (χ1) is 7.81. The molecule has 4 N–H and O–H groups in total. The van der Waals surface area contributed by atoms with Crippen molar-refractivity contribution in [3.05, 3.63) is 36.2 Å². The Labute approximate surface area is 93.8 Å². The van der Waals surface area contributed by atoms with Gasteiger partial charge in [0.05, 0.1) is 6.04 Å². The second kappa shape index (κ2) is 4.91. The predicted molar refractivity (Wildman–Crippen MR) is 60.2 cm³/mol. The largest absolute Gasteiger partial charge is 0.347 e. The van der Waals surface area contributed by atoms with Gasteiger partial charge in [-0.15, -0.1) is 0 Å². The van der Waals surface area contributed by atoms with E-state index in [0.717, 1.165) is 18.7 Å². The minimum Gasteiger partial charge on any atom is -0.347 e. The van der Waals surface area contributed by atoms with Gasteiger partial charge >= 0.3 is 0 Å². The molecule has 0 saturated carbocycles. The lowest BCUT2D eigenvalue weighted by Crippen LogP contribution is -2.29. The van der Waals surface area contributed by atoms with Gasteiger partial charge in [-0.05, 0) is 18.9 Å². The van der Waals surface area contributed by atoms with Crippen molar-refractivity contribution in [2.75, 3.05) is 0 Å². The molecule has 2 rings (SSSR count). The van der Waals surface area contributed by atoms with Crippen molar-refractivity contribution in [2.45, 2.75) is 18.9 Å². The van der Waals surface area contributed by atoms with Crippen LogP contribution >= 0.6 is 0 Å². The molecule has 6 nitrogen and oxygen atoms in total. The molecule has 0 radical (unpaired) electrons. The highest BCUT2D eigenvalue weighted by atomic mass is 15.3. The van der Waals surface area contributed by atoms with Crippen molar-refractivity contribution in [2.24, 2.45) is 12.9 Å². The van der Waals surface area contributed by atoms with Crippen LogP contribution in [0.4, 0.5) is 0 Å². The number of aryl methyl sites for hydroxylation is 2. The zero-order chi connectivity index (χ0) is 11.4. The molecule has 0 fully saturated rings. The number of hydrogen-bond acceptors (Lipinski definition) is 4. The Morgan fingerprint density at radius 2 is 2.44 bits per heavy atom. The summed E-state index contributed by atoms with van der Waals surface area (Å²) in [6.45, 7) is 0. The SMILES string of the molecule is Cn1nccc1CCC(NN)c1ncc[nH]1. The lowest BCUT2D eigenvalue weighted by molar-refractivity contribution is 0.487. The Hall–Kier alpha value is -1.66. The lowest BCUT2D eigenvalue weighted by atomic mass is 10.1. The van der Waals surface area contributed by atoms with Gasteiger partial charge in [0.2, 0.25) is 0 Å². The van der Waals surface area contributed by atoms with Crippen LogP contribution in [0.25, 0.3) is 0 Å². The average Bonchev–Trinajstić information content (AvgIpc) is 2.92. The van der Waals surface area contributed by atoms with Crippen LogP contribution in [0.3, 0.4) is 0 Å². The van der Waals surface area contributed by atoms with Crippen molar-refractivity contribution in [1.29, 1.82) is 0 Å². The van der Waals surface area contributed by atoms with Gasteiger partial charge in [-0.3, -0.25) is 10.5 Å². The van der Waals surface area contributed by atoms with Gasteiger partial charge in [-0.25, -0.2) is 10.4 Å². The van der Waals surface area contributed by atoms with Crippen LogP contribution < -0.4 is 11.3 Å². The van der Waals surface area contributed by atoms with E-state index in [-0.39, 0.29) is 6.04 Å². The first-order valence-corrected chi connectivity index (χ1v) is 5.23. The molecular weight excluding hydrogens is 204 g/mol. The van der Waals surface area contributed by atoms with E-state index in [2.05, 4.69) is 20.5 Å². The summed E-state index contributed by atoms with van der Waals surface area (Å²) >= 11 is 0. The molecule has 0 amide bonds. The molecule has 0 saturated heterocycles. The van der Waals surface area contributed by atoms with E-state index in [0.29, 0.717) is 0 Å². The highest BCUT2D eigenvalue weighted by molar-refractivity contribution is 5.02. The summed E-state index contributed by atoms with van der Waals surface area (Å²) < 4.78 is 1.87. The Kier molecular flexibility index (Phi) is 3.33. The van der Waals surface area contributed by atoms with Gasteiger partial charge in [0.1, 0.15) is 5.82 Å². The minimum atomic E-state index is 0.0462.